The van der Waals surface area contributed by atoms with E-state index in [0.29, 0.717) is 10.6 Å². The van der Waals surface area contributed by atoms with Gasteiger partial charge >= 0.3 is 0 Å². The molecule has 25 heavy (non-hydrogen) atoms. The lowest BCUT2D eigenvalue weighted by Crippen LogP contribution is -2.35. The molecule has 0 fully saturated rings. The molecule has 3 rings (SSSR count). The van der Waals surface area contributed by atoms with Crippen LogP contribution in [0.1, 0.15) is 17.2 Å². The van der Waals surface area contributed by atoms with Crippen molar-refractivity contribution < 1.29 is 9.18 Å². The number of aromatic nitrogens is 2. The summed E-state index contributed by atoms with van der Waals surface area (Å²) in [5.74, 6) is -0.628. The number of hydrogen-bond donors (Lipinski definition) is 0. The third-order valence-electron chi connectivity index (χ3n) is 3.97. The minimum absolute atomic E-state index is 0.0783. The summed E-state index contributed by atoms with van der Waals surface area (Å²) in [6, 6.07) is 15.0. The van der Waals surface area contributed by atoms with E-state index in [1.165, 1.54) is 11.0 Å². The van der Waals surface area contributed by atoms with Crippen LogP contribution in [0.25, 0.3) is 0 Å². The number of rotatable bonds is 5. The Bertz CT molecular complexity index is 832. The van der Waals surface area contributed by atoms with Gasteiger partial charge in [0.15, 0.2) is 6.04 Å². The summed E-state index contributed by atoms with van der Waals surface area (Å²) in [6.07, 6.45) is 3.36. The SMILES string of the molecule is CN(Cc1c(F)cccc1Cl)C(=O)[C@H](c1ccccc1)n1cccn1. The van der Waals surface area contributed by atoms with Crippen molar-refractivity contribution in [2.24, 2.45) is 0 Å². The number of benzene rings is 2. The molecule has 6 heteroatoms. The minimum Gasteiger partial charge on any atom is -0.339 e. The number of likely N-dealkylation sites (N-methyl/N-ethyl adjacent to an activating group) is 1. The second kappa shape index (κ2) is 7.49. The highest BCUT2D eigenvalue weighted by Gasteiger charge is 2.27. The Labute approximate surface area is 150 Å². The molecule has 0 spiro atoms. The van der Waals surface area contributed by atoms with E-state index in [2.05, 4.69) is 5.10 Å². The highest BCUT2D eigenvalue weighted by Crippen LogP contribution is 2.24. The van der Waals surface area contributed by atoms with E-state index >= 15 is 0 Å². The van der Waals surface area contributed by atoms with Crippen LogP contribution in [0, 0.1) is 5.82 Å². The molecule has 0 bridgehead atoms. The lowest BCUT2D eigenvalue weighted by atomic mass is 10.1. The van der Waals surface area contributed by atoms with Gasteiger partial charge in [-0.1, -0.05) is 48.0 Å². The van der Waals surface area contributed by atoms with Crippen molar-refractivity contribution in [1.29, 1.82) is 0 Å². The van der Waals surface area contributed by atoms with Crippen molar-refractivity contribution in [2.45, 2.75) is 12.6 Å². The molecular formula is C19H17ClFN3O. The van der Waals surface area contributed by atoms with Crippen molar-refractivity contribution in [2.75, 3.05) is 7.05 Å². The zero-order chi connectivity index (χ0) is 17.8. The lowest BCUT2D eigenvalue weighted by molar-refractivity contribution is -0.133. The molecule has 2 aromatic carbocycles. The van der Waals surface area contributed by atoms with Gasteiger partial charge < -0.3 is 4.90 Å². The predicted molar refractivity (Wildman–Crippen MR) is 94.7 cm³/mol. The lowest BCUT2D eigenvalue weighted by Gasteiger charge is -2.25. The second-order valence-electron chi connectivity index (χ2n) is 5.69. The Hall–Kier alpha value is -2.66. The van der Waals surface area contributed by atoms with E-state index in [4.69, 9.17) is 11.6 Å². The first-order valence-corrected chi connectivity index (χ1v) is 8.17. The molecule has 0 N–H and O–H groups in total. The third-order valence-corrected chi connectivity index (χ3v) is 4.33. The minimum atomic E-state index is -0.619. The topological polar surface area (TPSA) is 38.1 Å². The maximum atomic E-state index is 14.0. The Morgan fingerprint density at radius 3 is 2.60 bits per heavy atom. The van der Waals surface area contributed by atoms with E-state index in [-0.39, 0.29) is 12.5 Å². The van der Waals surface area contributed by atoms with Gasteiger partial charge in [0.05, 0.1) is 0 Å². The highest BCUT2D eigenvalue weighted by molar-refractivity contribution is 6.31. The van der Waals surface area contributed by atoms with Crippen LogP contribution in [0.15, 0.2) is 67.0 Å². The van der Waals surface area contributed by atoms with E-state index < -0.39 is 11.9 Å². The van der Waals surface area contributed by atoms with Crippen molar-refractivity contribution >= 4 is 17.5 Å². The van der Waals surface area contributed by atoms with Gasteiger partial charge in [0.1, 0.15) is 5.82 Å². The van der Waals surface area contributed by atoms with Crippen LogP contribution < -0.4 is 0 Å². The summed E-state index contributed by atoms with van der Waals surface area (Å²) in [5, 5.41) is 4.51. The third kappa shape index (κ3) is 3.72. The number of amides is 1. The van der Waals surface area contributed by atoms with Gasteiger partial charge in [-0.3, -0.25) is 9.48 Å². The monoisotopic (exact) mass is 357 g/mol. The van der Waals surface area contributed by atoms with Crippen molar-refractivity contribution in [1.82, 2.24) is 14.7 Å². The summed E-state index contributed by atoms with van der Waals surface area (Å²) >= 11 is 6.08. The highest BCUT2D eigenvalue weighted by atomic mass is 35.5. The van der Waals surface area contributed by atoms with Crippen LogP contribution >= 0.6 is 11.6 Å². The van der Waals surface area contributed by atoms with Gasteiger partial charge in [0.25, 0.3) is 5.91 Å². The molecule has 3 aromatic rings. The van der Waals surface area contributed by atoms with E-state index in [1.54, 1.807) is 42.3 Å². The van der Waals surface area contributed by atoms with Crippen LogP contribution in [-0.4, -0.2) is 27.6 Å². The van der Waals surface area contributed by atoms with Gasteiger partial charge in [-0.2, -0.15) is 5.10 Å². The summed E-state index contributed by atoms with van der Waals surface area (Å²) < 4.78 is 15.6. The fraction of sp³-hybridized carbons (Fsp3) is 0.158. The number of nitrogens with zero attached hydrogens (tertiary/aromatic N) is 3. The smallest absolute Gasteiger partial charge is 0.252 e. The molecule has 0 radical (unpaired) electrons. The molecule has 4 nitrogen and oxygen atoms in total. The van der Waals surface area contributed by atoms with Crippen molar-refractivity contribution in [3.05, 3.63) is 89.0 Å². The average molecular weight is 358 g/mol. The summed E-state index contributed by atoms with van der Waals surface area (Å²) in [5.41, 5.74) is 1.11. The number of carbonyl (C=O) groups is 1. The van der Waals surface area contributed by atoms with Crippen LogP contribution in [0.2, 0.25) is 5.02 Å². The largest absolute Gasteiger partial charge is 0.339 e. The summed E-state index contributed by atoms with van der Waals surface area (Å²) in [4.78, 5) is 14.5. The Kier molecular flexibility index (Phi) is 5.14. The van der Waals surface area contributed by atoms with Gasteiger partial charge in [-0.15, -0.1) is 0 Å². The van der Waals surface area contributed by atoms with Gasteiger partial charge in [0, 0.05) is 36.6 Å². The fourth-order valence-corrected chi connectivity index (χ4v) is 2.91. The molecule has 0 aliphatic heterocycles. The molecule has 0 aliphatic carbocycles. The number of halogens is 2. The predicted octanol–water partition coefficient (Wildman–Crippen LogP) is 3.92. The molecule has 1 amide bonds. The first-order chi connectivity index (χ1) is 12.1. The maximum Gasteiger partial charge on any atom is 0.252 e. The van der Waals surface area contributed by atoms with Crippen LogP contribution in [0.5, 0.6) is 0 Å². The van der Waals surface area contributed by atoms with Gasteiger partial charge in [-0.25, -0.2) is 4.39 Å². The van der Waals surface area contributed by atoms with E-state index in [0.717, 1.165) is 5.56 Å². The standard InChI is InChI=1S/C19H17ClFN3O/c1-23(13-15-16(20)9-5-10-17(15)21)19(25)18(24-12-6-11-22-24)14-7-3-2-4-8-14/h2-12,18H,13H2,1H3/t18-/m0/s1. The molecule has 0 aliphatic rings. The fourth-order valence-electron chi connectivity index (χ4n) is 2.68. The van der Waals surface area contributed by atoms with Crippen LogP contribution in [0.3, 0.4) is 0 Å². The van der Waals surface area contributed by atoms with Gasteiger partial charge in [-0.05, 0) is 23.8 Å². The first-order valence-electron chi connectivity index (χ1n) is 7.80. The Morgan fingerprint density at radius 1 is 1.20 bits per heavy atom. The quantitative estimate of drug-likeness (QED) is 0.694. The summed E-state index contributed by atoms with van der Waals surface area (Å²) in [7, 11) is 1.63. The Morgan fingerprint density at radius 2 is 1.96 bits per heavy atom. The first kappa shape index (κ1) is 17.2. The van der Waals surface area contributed by atoms with E-state index in [9.17, 15) is 9.18 Å². The maximum absolute atomic E-state index is 14.0. The molecule has 0 saturated heterocycles. The van der Waals surface area contributed by atoms with Crippen LogP contribution in [0.4, 0.5) is 4.39 Å². The van der Waals surface area contributed by atoms with Gasteiger partial charge in [0.2, 0.25) is 0 Å². The number of carbonyl (C=O) groups excluding carboxylic acids is 1. The zero-order valence-corrected chi connectivity index (χ0v) is 14.4. The molecule has 128 valence electrons. The average Bonchev–Trinajstić information content (AvgIpc) is 3.13. The molecule has 1 atom stereocenters. The molecule has 1 aromatic heterocycles. The number of hydrogen-bond acceptors (Lipinski definition) is 2. The molecular weight excluding hydrogens is 341 g/mol. The molecule has 1 heterocycles. The second-order valence-corrected chi connectivity index (χ2v) is 6.10. The molecule has 0 unspecified atom stereocenters. The summed E-state index contributed by atoms with van der Waals surface area (Å²) in [6.45, 7) is 0.0783. The van der Waals surface area contributed by atoms with E-state index in [1.807, 2.05) is 30.3 Å². The van der Waals surface area contributed by atoms with Crippen molar-refractivity contribution in [3.8, 4) is 0 Å². The molecule has 0 saturated carbocycles. The van der Waals surface area contributed by atoms with Crippen molar-refractivity contribution in [3.63, 3.8) is 0 Å². The Balaban J connectivity index is 1.90. The normalized spacial score (nSPS) is 12.0. The zero-order valence-electron chi connectivity index (χ0n) is 13.6. The van der Waals surface area contributed by atoms with Crippen LogP contribution in [-0.2, 0) is 11.3 Å².